The predicted octanol–water partition coefficient (Wildman–Crippen LogP) is 8.54. The van der Waals surface area contributed by atoms with Crippen LogP contribution in [0.4, 0.5) is 22.0 Å². The van der Waals surface area contributed by atoms with Gasteiger partial charge < -0.3 is 0 Å². The molecule has 0 spiro atoms. The Balaban J connectivity index is 1.84. The minimum atomic E-state index is -2.39. The molecule has 0 saturated carbocycles. The zero-order chi connectivity index (χ0) is 23.0. The number of hydrogen-bond donors (Lipinski definition) is 0. The second kappa shape index (κ2) is 8.89. The normalized spacial score (nSPS) is 17.1. The fraction of sp³-hybridized carbons (Fsp3) is 0.259. The minimum absolute atomic E-state index is 0.0365. The van der Waals surface area contributed by atoms with Crippen LogP contribution in [-0.4, -0.2) is 0 Å². The van der Waals surface area contributed by atoms with Gasteiger partial charge in [0, 0.05) is 22.3 Å². The second-order valence-corrected chi connectivity index (χ2v) is 8.08. The molecule has 0 N–H and O–H groups in total. The van der Waals surface area contributed by atoms with E-state index in [4.69, 9.17) is 0 Å². The van der Waals surface area contributed by atoms with Crippen LogP contribution in [0.25, 0.3) is 22.3 Å². The third-order valence-corrected chi connectivity index (χ3v) is 6.02. The fourth-order valence-corrected chi connectivity index (χ4v) is 4.40. The van der Waals surface area contributed by atoms with Crippen molar-refractivity contribution in [2.24, 2.45) is 0 Å². The summed E-state index contributed by atoms with van der Waals surface area (Å²) in [4.78, 5) is 0. The number of alkyl halides is 2. The van der Waals surface area contributed by atoms with Crippen molar-refractivity contribution in [2.75, 3.05) is 0 Å². The summed E-state index contributed by atoms with van der Waals surface area (Å²) in [5.74, 6) is -2.46. The molecule has 2 unspecified atom stereocenters. The van der Waals surface area contributed by atoms with Crippen LogP contribution in [0.3, 0.4) is 0 Å². The molecule has 2 atom stereocenters. The van der Waals surface area contributed by atoms with Crippen molar-refractivity contribution in [1.82, 2.24) is 0 Å². The zero-order valence-electron chi connectivity index (χ0n) is 17.7. The Labute approximate surface area is 184 Å². The molecule has 0 fully saturated rings. The Kier molecular flexibility index (Phi) is 6.18. The van der Waals surface area contributed by atoms with E-state index in [0.717, 1.165) is 5.56 Å². The van der Waals surface area contributed by atoms with Crippen LogP contribution in [0.2, 0.25) is 0 Å². The first-order valence-electron chi connectivity index (χ1n) is 10.7. The van der Waals surface area contributed by atoms with Crippen LogP contribution < -0.4 is 0 Å². The van der Waals surface area contributed by atoms with Crippen LogP contribution in [0.1, 0.15) is 54.4 Å². The molecular weight excluding hydrogens is 419 g/mol. The summed E-state index contributed by atoms with van der Waals surface area (Å²) in [6.45, 7) is 5.49. The van der Waals surface area contributed by atoms with Crippen molar-refractivity contribution in [1.29, 1.82) is 0 Å². The number of halogens is 5. The molecule has 32 heavy (non-hydrogen) atoms. The van der Waals surface area contributed by atoms with Gasteiger partial charge in [-0.25, -0.2) is 22.0 Å². The predicted molar refractivity (Wildman–Crippen MR) is 117 cm³/mol. The molecular formula is C27H23F5. The molecule has 1 aliphatic rings. The Morgan fingerprint density at radius 3 is 2.00 bits per heavy atom. The Bertz CT molecular complexity index is 1180. The van der Waals surface area contributed by atoms with Crippen LogP contribution >= 0.6 is 0 Å². The van der Waals surface area contributed by atoms with Gasteiger partial charge in [-0.05, 0) is 47.6 Å². The van der Waals surface area contributed by atoms with E-state index in [1.165, 1.54) is 36.4 Å². The molecule has 0 heterocycles. The zero-order valence-corrected chi connectivity index (χ0v) is 17.7. The minimum Gasteiger partial charge on any atom is -0.239 e. The van der Waals surface area contributed by atoms with Crippen molar-refractivity contribution in [3.63, 3.8) is 0 Å². The summed E-state index contributed by atoms with van der Waals surface area (Å²) in [6, 6.07) is 10.2. The molecule has 4 rings (SSSR count). The van der Waals surface area contributed by atoms with Crippen molar-refractivity contribution >= 4 is 0 Å². The Morgan fingerprint density at radius 1 is 0.781 bits per heavy atom. The molecule has 0 radical (unpaired) electrons. The smallest absolute Gasteiger partial charge is 0.164 e. The number of fused-ring (bicyclic) bond motifs is 3. The summed E-state index contributed by atoms with van der Waals surface area (Å²) in [6.07, 6.45) is -0.711. The lowest BCUT2D eigenvalue weighted by Gasteiger charge is -2.28. The van der Waals surface area contributed by atoms with E-state index in [1.807, 2.05) is 6.92 Å². The first-order chi connectivity index (χ1) is 15.4. The quantitative estimate of drug-likeness (QED) is 0.265. The number of aryl methyl sites for hydroxylation is 2. The van der Waals surface area contributed by atoms with Crippen molar-refractivity contribution in [2.45, 2.75) is 45.0 Å². The van der Waals surface area contributed by atoms with E-state index < -0.39 is 35.4 Å². The summed E-state index contributed by atoms with van der Waals surface area (Å²) in [5, 5.41) is 0. The summed E-state index contributed by atoms with van der Waals surface area (Å²) >= 11 is 0. The summed E-state index contributed by atoms with van der Waals surface area (Å²) in [5.41, 5.74) is 0.186. The van der Waals surface area contributed by atoms with Gasteiger partial charge in [0.05, 0.1) is 0 Å². The first-order valence-corrected chi connectivity index (χ1v) is 10.7. The van der Waals surface area contributed by atoms with Gasteiger partial charge in [0.15, 0.2) is 12.3 Å². The molecule has 0 bridgehead atoms. The molecule has 0 nitrogen and oxygen atoms in total. The average Bonchev–Trinajstić information content (AvgIpc) is 2.78. The topological polar surface area (TPSA) is 0 Å². The lowest BCUT2D eigenvalue weighted by molar-refractivity contribution is 0.160. The maximum absolute atomic E-state index is 15.5. The van der Waals surface area contributed by atoms with Crippen molar-refractivity contribution < 1.29 is 22.0 Å². The molecule has 3 aromatic carbocycles. The number of benzene rings is 3. The highest BCUT2D eigenvalue weighted by Gasteiger charge is 2.39. The van der Waals surface area contributed by atoms with E-state index in [-0.39, 0.29) is 27.8 Å². The highest BCUT2D eigenvalue weighted by molar-refractivity contribution is 5.79. The molecule has 1 aliphatic carbocycles. The Morgan fingerprint density at radius 2 is 1.38 bits per heavy atom. The van der Waals surface area contributed by atoms with Crippen LogP contribution in [0, 0.1) is 17.5 Å². The van der Waals surface area contributed by atoms with E-state index in [2.05, 4.69) is 6.58 Å². The molecule has 166 valence electrons. The summed E-state index contributed by atoms with van der Waals surface area (Å²) in [7, 11) is 0. The van der Waals surface area contributed by atoms with Crippen molar-refractivity contribution in [3.05, 3.63) is 94.8 Å². The van der Waals surface area contributed by atoms with Gasteiger partial charge in [-0.3, -0.25) is 0 Å². The number of rotatable bonds is 6. The standard InChI is InChI=1S/C27H23F5/c1-3-5-7-15-8-10-17(21(28)14-15)20-13-12-19-18-11-9-16(6-4-2)24(29)22(18)26(31)27(32)23(19)25(20)30/h3,8-14,26-27H,1,4-7H2,2H3. The largest absolute Gasteiger partial charge is 0.239 e. The van der Waals surface area contributed by atoms with Gasteiger partial charge in [0.1, 0.15) is 17.5 Å². The van der Waals surface area contributed by atoms with Crippen LogP contribution in [0.15, 0.2) is 55.1 Å². The molecule has 0 aliphatic heterocycles. The third-order valence-electron chi connectivity index (χ3n) is 6.02. The van der Waals surface area contributed by atoms with Crippen molar-refractivity contribution in [3.8, 4) is 22.3 Å². The number of allylic oxidation sites excluding steroid dienone is 1. The van der Waals surface area contributed by atoms with E-state index in [0.29, 0.717) is 31.2 Å². The molecule has 5 heteroatoms. The summed E-state index contributed by atoms with van der Waals surface area (Å²) < 4.78 is 75.3. The molecule has 0 aromatic heterocycles. The highest BCUT2D eigenvalue weighted by Crippen LogP contribution is 2.51. The van der Waals surface area contributed by atoms with Gasteiger partial charge in [0.2, 0.25) is 0 Å². The highest BCUT2D eigenvalue weighted by atomic mass is 19.2. The number of hydrogen-bond acceptors (Lipinski definition) is 0. The maximum Gasteiger partial charge on any atom is 0.164 e. The maximum atomic E-state index is 15.5. The van der Waals surface area contributed by atoms with Gasteiger partial charge in [-0.1, -0.05) is 55.8 Å². The van der Waals surface area contributed by atoms with Gasteiger partial charge in [-0.2, -0.15) is 0 Å². The van der Waals surface area contributed by atoms with Crippen LogP contribution in [0.5, 0.6) is 0 Å². The molecule has 0 saturated heterocycles. The van der Waals surface area contributed by atoms with E-state index in [1.54, 1.807) is 12.1 Å². The lowest BCUT2D eigenvalue weighted by atomic mass is 9.80. The molecule has 0 amide bonds. The van der Waals surface area contributed by atoms with Gasteiger partial charge in [0.25, 0.3) is 0 Å². The lowest BCUT2D eigenvalue weighted by Crippen LogP contribution is -2.16. The van der Waals surface area contributed by atoms with E-state index >= 15 is 13.2 Å². The second-order valence-electron chi connectivity index (χ2n) is 8.08. The Hall–Kier alpha value is -2.95. The van der Waals surface area contributed by atoms with E-state index in [9.17, 15) is 8.78 Å². The fourth-order valence-electron chi connectivity index (χ4n) is 4.40. The third kappa shape index (κ3) is 3.64. The monoisotopic (exact) mass is 442 g/mol. The SMILES string of the molecule is C=CCCc1ccc(-c2ccc3c(c2F)C(F)C(F)c2c-3ccc(CCC)c2F)c(F)c1. The van der Waals surface area contributed by atoms with Gasteiger partial charge in [-0.15, -0.1) is 6.58 Å². The van der Waals surface area contributed by atoms with Crippen LogP contribution in [-0.2, 0) is 12.8 Å². The first kappa shape index (κ1) is 22.3. The van der Waals surface area contributed by atoms with Gasteiger partial charge >= 0.3 is 0 Å². The average molecular weight is 442 g/mol. The molecule has 3 aromatic rings.